The Morgan fingerprint density at radius 3 is 2.32 bits per heavy atom. The minimum Gasteiger partial charge on any atom is -0.322 e. The van der Waals surface area contributed by atoms with Crippen LogP contribution in [-0.4, -0.2) is 27.6 Å². The Morgan fingerprint density at radius 2 is 1.77 bits per heavy atom. The Bertz CT molecular complexity index is 789. The largest absolute Gasteiger partial charge is 0.322 e. The molecule has 5 nitrogen and oxygen atoms in total. The normalized spacial score (nSPS) is 11.0. The molecule has 7 heteroatoms. The fourth-order valence-electron chi connectivity index (χ4n) is 1.78. The molecule has 0 saturated heterocycles. The molecule has 0 radical (unpaired) electrons. The molecule has 0 aromatic heterocycles. The molecule has 2 aromatic carbocycles. The highest BCUT2D eigenvalue weighted by Crippen LogP contribution is 2.19. The van der Waals surface area contributed by atoms with Gasteiger partial charge >= 0.3 is 0 Å². The van der Waals surface area contributed by atoms with Crippen molar-refractivity contribution < 1.29 is 17.6 Å². The summed E-state index contributed by atoms with van der Waals surface area (Å²) in [5, 5.41) is 2.62. The van der Waals surface area contributed by atoms with Crippen molar-refractivity contribution in [1.82, 2.24) is 0 Å². The van der Waals surface area contributed by atoms with Crippen LogP contribution in [-0.2, 0) is 10.0 Å². The summed E-state index contributed by atoms with van der Waals surface area (Å²) in [6.07, 6.45) is 1.10. The number of hydrogen-bond acceptors (Lipinski definition) is 3. The van der Waals surface area contributed by atoms with Crippen LogP contribution in [0.3, 0.4) is 0 Å². The lowest BCUT2D eigenvalue weighted by molar-refractivity contribution is 0.102. The Balaban J connectivity index is 2.13. The number of halogens is 1. The average molecular weight is 322 g/mol. The standard InChI is InChI=1S/C15H15FN2O3S/c1-18(22(2,20)21)14-8-6-13(7-9-14)17-15(19)11-4-3-5-12(16)10-11/h3-10H,1-2H3,(H,17,19). The monoisotopic (exact) mass is 322 g/mol. The lowest BCUT2D eigenvalue weighted by Gasteiger charge is -2.16. The summed E-state index contributed by atoms with van der Waals surface area (Å²) in [4.78, 5) is 12.0. The first kappa shape index (κ1) is 16.0. The van der Waals surface area contributed by atoms with Gasteiger partial charge in [-0.25, -0.2) is 12.8 Å². The van der Waals surface area contributed by atoms with Crippen molar-refractivity contribution in [3.05, 3.63) is 59.9 Å². The van der Waals surface area contributed by atoms with Gasteiger partial charge in [0.15, 0.2) is 0 Å². The van der Waals surface area contributed by atoms with E-state index >= 15 is 0 Å². The number of rotatable bonds is 4. The van der Waals surface area contributed by atoms with Gasteiger partial charge in [0.2, 0.25) is 10.0 Å². The highest BCUT2D eigenvalue weighted by Gasteiger charge is 2.12. The summed E-state index contributed by atoms with van der Waals surface area (Å²) in [6, 6.07) is 11.7. The zero-order chi connectivity index (χ0) is 16.3. The van der Waals surface area contributed by atoms with Gasteiger partial charge in [0.1, 0.15) is 5.82 Å². The Kier molecular flexibility index (Phi) is 4.46. The molecule has 0 aliphatic heterocycles. The van der Waals surface area contributed by atoms with Gasteiger partial charge < -0.3 is 5.32 Å². The highest BCUT2D eigenvalue weighted by molar-refractivity contribution is 7.92. The molecule has 0 spiro atoms. The lowest BCUT2D eigenvalue weighted by atomic mass is 10.2. The van der Waals surface area contributed by atoms with Crippen LogP contribution in [0, 0.1) is 5.82 Å². The summed E-state index contributed by atoms with van der Waals surface area (Å²) in [7, 11) is -1.90. The van der Waals surface area contributed by atoms with E-state index in [0.717, 1.165) is 16.6 Å². The Hall–Kier alpha value is -2.41. The number of carbonyl (C=O) groups is 1. The number of anilines is 2. The summed E-state index contributed by atoms with van der Waals surface area (Å²) < 4.78 is 37.1. The van der Waals surface area contributed by atoms with Crippen molar-refractivity contribution in [3.63, 3.8) is 0 Å². The van der Waals surface area contributed by atoms with Gasteiger partial charge in [-0.3, -0.25) is 9.10 Å². The zero-order valence-corrected chi connectivity index (χ0v) is 12.9. The van der Waals surface area contributed by atoms with Crippen LogP contribution in [0.25, 0.3) is 0 Å². The van der Waals surface area contributed by atoms with Gasteiger partial charge in [-0.05, 0) is 42.5 Å². The molecule has 0 unspecified atom stereocenters. The van der Waals surface area contributed by atoms with Crippen LogP contribution in [0.15, 0.2) is 48.5 Å². The number of amides is 1. The molecular weight excluding hydrogens is 307 g/mol. The third-order valence-corrected chi connectivity index (χ3v) is 4.28. The second-order valence-electron chi connectivity index (χ2n) is 4.74. The number of nitrogens with one attached hydrogen (secondary N) is 1. The molecule has 0 aliphatic rings. The van der Waals surface area contributed by atoms with Gasteiger partial charge in [0.25, 0.3) is 5.91 Å². The smallest absolute Gasteiger partial charge is 0.255 e. The highest BCUT2D eigenvalue weighted by atomic mass is 32.2. The molecule has 1 N–H and O–H groups in total. The molecule has 2 rings (SSSR count). The van der Waals surface area contributed by atoms with Crippen LogP contribution in [0.2, 0.25) is 0 Å². The van der Waals surface area contributed by atoms with E-state index in [-0.39, 0.29) is 5.56 Å². The predicted molar refractivity (Wildman–Crippen MR) is 84.0 cm³/mol. The van der Waals surface area contributed by atoms with E-state index in [2.05, 4.69) is 5.32 Å². The molecule has 1 amide bonds. The maximum Gasteiger partial charge on any atom is 0.255 e. The third kappa shape index (κ3) is 3.82. The SMILES string of the molecule is CN(c1ccc(NC(=O)c2cccc(F)c2)cc1)S(C)(=O)=O. The van der Waals surface area contributed by atoms with Crippen molar-refractivity contribution in [2.24, 2.45) is 0 Å². The van der Waals surface area contributed by atoms with Crippen molar-refractivity contribution in [3.8, 4) is 0 Å². The quantitative estimate of drug-likeness (QED) is 0.940. The summed E-state index contributed by atoms with van der Waals surface area (Å²) in [6.45, 7) is 0. The molecule has 0 aliphatic carbocycles. The Labute approximate surface area is 128 Å². The van der Waals surface area contributed by atoms with Crippen molar-refractivity contribution >= 4 is 27.3 Å². The van der Waals surface area contributed by atoms with Crippen molar-refractivity contribution in [2.45, 2.75) is 0 Å². The van der Waals surface area contributed by atoms with Crippen LogP contribution in [0.1, 0.15) is 10.4 Å². The van der Waals surface area contributed by atoms with E-state index in [4.69, 9.17) is 0 Å². The second-order valence-corrected chi connectivity index (χ2v) is 6.76. The fraction of sp³-hybridized carbons (Fsp3) is 0.133. The molecule has 0 saturated carbocycles. The minimum absolute atomic E-state index is 0.206. The topological polar surface area (TPSA) is 66.5 Å². The molecule has 22 heavy (non-hydrogen) atoms. The average Bonchev–Trinajstić information content (AvgIpc) is 2.46. The number of benzene rings is 2. The van der Waals surface area contributed by atoms with Crippen LogP contribution >= 0.6 is 0 Å². The van der Waals surface area contributed by atoms with E-state index in [0.29, 0.717) is 11.4 Å². The van der Waals surface area contributed by atoms with Gasteiger partial charge in [0.05, 0.1) is 11.9 Å². The number of nitrogens with zero attached hydrogens (tertiary/aromatic N) is 1. The summed E-state index contributed by atoms with van der Waals surface area (Å²) >= 11 is 0. The first-order chi connectivity index (χ1) is 10.3. The molecule has 2 aromatic rings. The fourth-order valence-corrected chi connectivity index (χ4v) is 2.28. The molecule has 116 valence electrons. The van der Waals surface area contributed by atoms with Crippen molar-refractivity contribution in [2.75, 3.05) is 22.9 Å². The van der Waals surface area contributed by atoms with Gasteiger partial charge in [-0.15, -0.1) is 0 Å². The first-order valence-electron chi connectivity index (χ1n) is 6.38. The third-order valence-electron chi connectivity index (χ3n) is 3.07. The maximum absolute atomic E-state index is 13.1. The van der Waals surface area contributed by atoms with E-state index < -0.39 is 21.7 Å². The van der Waals surface area contributed by atoms with Crippen LogP contribution in [0.5, 0.6) is 0 Å². The summed E-state index contributed by atoms with van der Waals surface area (Å²) in [5.74, 6) is -0.929. The first-order valence-corrected chi connectivity index (χ1v) is 8.23. The second kappa shape index (κ2) is 6.15. The van der Waals surface area contributed by atoms with Gasteiger partial charge in [0, 0.05) is 18.3 Å². The number of hydrogen-bond donors (Lipinski definition) is 1. The lowest BCUT2D eigenvalue weighted by Crippen LogP contribution is -2.24. The van der Waals surface area contributed by atoms with Crippen LogP contribution < -0.4 is 9.62 Å². The van der Waals surface area contributed by atoms with Crippen LogP contribution in [0.4, 0.5) is 15.8 Å². The van der Waals surface area contributed by atoms with E-state index in [1.165, 1.54) is 25.2 Å². The van der Waals surface area contributed by atoms with Gasteiger partial charge in [-0.1, -0.05) is 6.07 Å². The maximum atomic E-state index is 13.1. The van der Waals surface area contributed by atoms with E-state index in [1.807, 2.05) is 0 Å². The Morgan fingerprint density at radius 1 is 1.14 bits per heavy atom. The number of carbonyl (C=O) groups excluding carboxylic acids is 1. The molecular formula is C15H15FN2O3S. The van der Waals surface area contributed by atoms with Crippen molar-refractivity contribution in [1.29, 1.82) is 0 Å². The molecule has 0 heterocycles. The van der Waals surface area contributed by atoms with E-state index in [9.17, 15) is 17.6 Å². The predicted octanol–water partition coefficient (Wildman–Crippen LogP) is 2.47. The van der Waals surface area contributed by atoms with Gasteiger partial charge in [-0.2, -0.15) is 0 Å². The molecule has 0 fully saturated rings. The zero-order valence-electron chi connectivity index (χ0n) is 12.1. The molecule has 0 bridgehead atoms. The minimum atomic E-state index is -3.34. The molecule has 0 atom stereocenters. The number of sulfonamides is 1. The summed E-state index contributed by atoms with van der Waals surface area (Å²) in [5.41, 5.74) is 1.17. The van der Waals surface area contributed by atoms with E-state index in [1.54, 1.807) is 24.3 Å².